The number of thioether (sulfide) groups is 1. The lowest BCUT2D eigenvalue weighted by Gasteiger charge is -2.25. The zero-order valence-electron chi connectivity index (χ0n) is 9.95. The fourth-order valence-electron chi connectivity index (χ4n) is 1.67. The highest BCUT2D eigenvalue weighted by molar-refractivity contribution is 7.99. The minimum absolute atomic E-state index is 0.0583. The van der Waals surface area contributed by atoms with Crippen LogP contribution >= 0.6 is 11.8 Å². The van der Waals surface area contributed by atoms with Crippen LogP contribution in [0.5, 0.6) is 0 Å². The standard InChI is InChI=1S/C12H14N4OS/c13-8-11-9-14-16(10-11)3-1-2-12(17)15-4-6-18-7-5-15/h1-2,9-10H,3-7H2/b2-1+. The first-order valence-electron chi connectivity index (χ1n) is 5.75. The Kier molecular flexibility index (Phi) is 4.42. The molecule has 5 nitrogen and oxygen atoms in total. The fourth-order valence-corrected chi connectivity index (χ4v) is 2.57. The van der Waals surface area contributed by atoms with Gasteiger partial charge in [0.15, 0.2) is 0 Å². The number of hydrogen-bond acceptors (Lipinski definition) is 4. The third-order valence-electron chi connectivity index (χ3n) is 2.64. The maximum Gasteiger partial charge on any atom is 0.246 e. The minimum Gasteiger partial charge on any atom is -0.338 e. The van der Waals surface area contributed by atoms with E-state index in [0.29, 0.717) is 12.1 Å². The number of allylic oxidation sites excluding steroid dienone is 1. The van der Waals surface area contributed by atoms with Crippen LogP contribution in [0.2, 0.25) is 0 Å². The summed E-state index contributed by atoms with van der Waals surface area (Å²) in [6.07, 6.45) is 6.53. The van der Waals surface area contributed by atoms with E-state index in [1.165, 1.54) is 6.20 Å². The van der Waals surface area contributed by atoms with E-state index in [-0.39, 0.29) is 5.91 Å². The van der Waals surface area contributed by atoms with Gasteiger partial charge in [-0.15, -0.1) is 0 Å². The van der Waals surface area contributed by atoms with Gasteiger partial charge in [0, 0.05) is 36.9 Å². The van der Waals surface area contributed by atoms with Gasteiger partial charge in [-0.3, -0.25) is 9.48 Å². The van der Waals surface area contributed by atoms with Crippen molar-refractivity contribution < 1.29 is 4.79 Å². The molecule has 1 aromatic rings. The average Bonchev–Trinajstić information content (AvgIpc) is 2.87. The summed E-state index contributed by atoms with van der Waals surface area (Å²) in [5, 5.41) is 12.7. The summed E-state index contributed by atoms with van der Waals surface area (Å²) in [5.41, 5.74) is 0.530. The Morgan fingerprint density at radius 1 is 1.56 bits per heavy atom. The van der Waals surface area contributed by atoms with E-state index in [9.17, 15) is 4.79 Å². The number of hydrogen-bond donors (Lipinski definition) is 0. The van der Waals surface area contributed by atoms with Gasteiger partial charge >= 0.3 is 0 Å². The monoisotopic (exact) mass is 262 g/mol. The number of nitrogens with zero attached hydrogens (tertiary/aromatic N) is 4. The topological polar surface area (TPSA) is 61.9 Å². The lowest BCUT2D eigenvalue weighted by Crippen LogP contribution is -2.36. The molecule has 0 spiro atoms. The van der Waals surface area contributed by atoms with Crippen LogP contribution in [0.4, 0.5) is 0 Å². The zero-order chi connectivity index (χ0) is 12.8. The number of amides is 1. The highest BCUT2D eigenvalue weighted by Gasteiger charge is 2.13. The van der Waals surface area contributed by atoms with Crippen LogP contribution in [-0.2, 0) is 11.3 Å². The van der Waals surface area contributed by atoms with Gasteiger partial charge < -0.3 is 4.90 Å². The summed E-state index contributed by atoms with van der Waals surface area (Å²) in [6, 6.07) is 2.01. The van der Waals surface area contributed by atoms with Gasteiger partial charge in [-0.1, -0.05) is 6.08 Å². The SMILES string of the molecule is N#Cc1cnn(C/C=C/C(=O)N2CCSCC2)c1. The molecular formula is C12H14N4OS. The molecule has 0 aliphatic carbocycles. The molecule has 2 heterocycles. The molecule has 0 bridgehead atoms. The minimum atomic E-state index is 0.0583. The van der Waals surface area contributed by atoms with Crippen LogP contribution in [-0.4, -0.2) is 45.2 Å². The molecule has 2 rings (SSSR count). The van der Waals surface area contributed by atoms with Gasteiger partial charge in [-0.05, 0) is 0 Å². The van der Waals surface area contributed by atoms with Gasteiger partial charge in [0.2, 0.25) is 5.91 Å². The van der Waals surface area contributed by atoms with E-state index in [1.54, 1.807) is 23.0 Å². The molecule has 94 valence electrons. The predicted octanol–water partition coefficient (Wildman–Crippen LogP) is 0.886. The Hall–Kier alpha value is -1.74. The molecule has 0 aromatic carbocycles. The summed E-state index contributed by atoms with van der Waals surface area (Å²) in [4.78, 5) is 13.7. The molecule has 0 unspecified atom stereocenters. The van der Waals surface area contributed by atoms with E-state index in [1.807, 2.05) is 22.7 Å². The molecule has 6 heteroatoms. The molecule has 0 N–H and O–H groups in total. The second kappa shape index (κ2) is 6.26. The first kappa shape index (κ1) is 12.7. The molecule has 1 fully saturated rings. The summed E-state index contributed by atoms with van der Waals surface area (Å²) in [6.45, 7) is 2.17. The Labute approximate surface area is 110 Å². The highest BCUT2D eigenvalue weighted by atomic mass is 32.2. The Morgan fingerprint density at radius 3 is 3.00 bits per heavy atom. The zero-order valence-corrected chi connectivity index (χ0v) is 10.8. The summed E-state index contributed by atoms with van der Waals surface area (Å²) in [7, 11) is 0. The van der Waals surface area contributed by atoms with Crippen LogP contribution in [0.1, 0.15) is 5.56 Å². The lowest BCUT2D eigenvalue weighted by molar-refractivity contribution is -0.125. The van der Waals surface area contributed by atoms with Gasteiger partial charge in [-0.2, -0.15) is 22.1 Å². The van der Waals surface area contributed by atoms with Crippen LogP contribution in [0.3, 0.4) is 0 Å². The number of rotatable bonds is 3. The molecule has 18 heavy (non-hydrogen) atoms. The molecule has 1 aliphatic heterocycles. The number of carbonyl (C=O) groups is 1. The maximum absolute atomic E-state index is 11.8. The smallest absolute Gasteiger partial charge is 0.246 e. The largest absolute Gasteiger partial charge is 0.338 e. The van der Waals surface area contributed by atoms with Gasteiger partial charge in [0.25, 0.3) is 0 Å². The van der Waals surface area contributed by atoms with Crippen LogP contribution in [0, 0.1) is 11.3 Å². The Morgan fingerprint density at radius 2 is 2.33 bits per heavy atom. The van der Waals surface area contributed by atoms with Crippen molar-refractivity contribution in [2.45, 2.75) is 6.54 Å². The van der Waals surface area contributed by atoms with Gasteiger partial charge in [0.1, 0.15) is 6.07 Å². The lowest BCUT2D eigenvalue weighted by atomic mass is 10.4. The summed E-state index contributed by atoms with van der Waals surface area (Å²) < 4.78 is 1.63. The number of nitriles is 1. The number of carbonyl (C=O) groups excluding carboxylic acids is 1. The van der Waals surface area contributed by atoms with E-state index in [4.69, 9.17) is 5.26 Å². The van der Waals surface area contributed by atoms with Crippen molar-refractivity contribution in [2.24, 2.45) is 0 Å². The Bertz CT molecular complexity index is 483. The van der Waals surface area contributed by atoms with Gasteiger partial charge in [-0.25, -0.2) is 0 Å². The third-order valence-corrected chi connectivity index (χ3v) is 3.58. The molecule has 1 aromatic heterocycles. The van der Waals surface area contributed by atoms with Gasteiger partial charge in [0.05, 0.1) is 18.3 Å². The third kappa shape index (κ3) is 3.37. The van der Waals surface area contributed by atoms with Crippen molar-refractivity contribution in [3.63, 3.8) is 0 Å². The maximum atomic E-state index is 11.8. The molecule has 0 radical (unpaired) electrons. The van der Waals surface area contributed by atoms with E-state index < -0.39 is 0 Å². The molecule has 1 aliphatic rings. The quantitative estimate of drug-likeness (QED) is 0.759. The second-order valence-electron chi connectivity index (χ2n) is 3.90. The average molecular weight is 262 g/mol. The van der Waals surface area contributed by atoms with Crippen LogP contribution < -0.4 is 0 Å². The molecule has 1 amide bonds. The molecule has 1 saturated heterocycles. The van der Waals surface area contributed by atoms with Crippen LogP contribution in [0.25, 0.3) is 0 Å². The van der Waals surface area contributed by atoms with Crippen molar-refractivity contribution in [3.8, 4) is 6.07 Å². The van der Waals surface area contributed by atoms with E-state index >= 15 is 0 Å². The summed E-state index contributed by atoms with van der Waals surface area (Å²) in [5.74, 6) is 2.09. The van der Waals surface area contributed by atoms with Crippen molar-refractivity contribution in [1.82, 2.24) is 14.7 Å². The summed E-state index contributed by atoms with van der Waals surface area (Å²) >= 11 is 1.88. The second-order valence-corrected chi connectivity index (χ2v) is 5.13. The highest BCUT2D eigenvalue weighted by Crippen LogP contribution is 2.09. The van der Waals surface area contributed by atoms with Crippen molar-refractivity contribution in [2.75, 3.05) is 24.6 Å². The van der Waals surface area contributed by atoms with Crippen molar-refractivity contribution in [1.29, 1.82) is 5.26 Å². The normalized spacial score (nSPS) is 15.8. The molecular weight excluding hydrogens is 248 g/mol. The Balaban J connectivity index is 1.83. The first-order valence-corrected chi connectivity index (χ1v) is 6.91. The number of aromatic nitrogens is 2. The van der Waals surface area contributed by atoms with E-state index in [2.05, 4.69) is 5.10 Å². The van der Waals surface area contributed by atoms with Crippen molar-refractivity contribution >= 4 is 17.7 Å². The first-order chi connectivity index (χ1) is 8.79. The van der Waals surface area contributed by atoms with E-state index in [0.717, 1.165) is 24.6 Å². The molecule has 0 saturated carbocycles. The molecule has 0 atom stereocenters. The predicted molar refractivity (Wildman–Crippen MR) is 70.0 cm³/mol. The fraction of sp³-hybridized carbons (Fsp3) is 0.417. The van der Waals surface area contributed by atoms with Crippen LogP contribution in [0.15, 0.2) is 24.5 Å². The van der Waals surface area contributed by atoms with Crippen molar-refractivity contribution in [3.05, 3.63) is 30.1 Å².